The largest absolute Gasteiger partial charge is 0.278 e. The fraction of sp³-hybridized carbons (Fsp3) is 0.462. The van der Waals surface area contributed by atoms with Crippen molar-refractivity contribution in [1.82, 2.24) is 10.2 Å². The van der Waals surface area contributed by atoms with Crippen LogP contribution in [-0.2, 0) is 0 Å². The van der Waals surface area contributed by atoms with Gasteiger partial charge in [0.15, 0.2) is 0 Å². The average molecular weight is 206 g/mol. The molecule has 1 rings (SSSR count). The maximum Gasteiger partial charge on any atom is 0.0580 e. The van der Waals surface area contributed by atoms with Crippen molar-refractivity contribution in [3.63, 3.8) is 0 Å². The van der Waals surface area contributed by atoms with Crippen molar-refractivity contribution < 1.29 is 0 Å². The second kappa shape index (κ2) is 8.04. The number of allylic oxidation sites excluding steroid dienone is 3. The van der Waals surface area contributed by atoms with Crippen LogP contribution in [0.3, 0.4) is 0 Å². The molecular weight excluding hydrogens is 184 g/mol. The Labute approximate surface area is 93.1 Å². The van der Waals surface area contributed by atoms with Crippen molar-refractivity contribution in [2.24, 2.45) is 5.92 Å². The van der Waals surface area contributed by atoms with Crippen LogP contribution in [0.25, 0.3) is 6.08 Å². The van der Waals surface area contributed by atoms with E-state index in [1.54, 1.807) is 6.20 Å². The van der Waals surface area contributed by atoms with Gasteiger partial charge in [0, 0.05) is 6.20 Å². The fourth-order valence-electron chi connectivity index (χ4n) is 1.13. The molecule has 0 bridgehead atoms. The van der Waals surface area contributed by atoms with Crippen molar-refractivity contribution in [1.29, 1.82) is 0 Å². The molecule has 2 heteroatoms. The average Bonchev–Trinajstić information content (AvgIpc) is 2.73. The highest BCUT2D eigenvalue weighted by Gasteiger charge is 1.99. The molecule has 1 aromatic heterocycles. The van der Waals surface area contributed by atoms with Gasteiger partial charge in [-0.3, -0.25) is 5.10 Å². The van der Waals surface area contributed by atoms with Gasteiger partial charge in [0.2, 0.25) is 0 Å². The zero-order valence-electron chi connectivity index (χ0n) is 10.4. The molecule has 0 aliphatic heterocycles. The molecule has 0 aliphatic carbocycles. The van der Waals surface area contributed by atoms with Crippen molar-refractivity contribution >= 4 is 6.08 Å². The lowest BCUT2D eigenvalue weighted by atomic mass is 10.0. The minimum Gasteiger partial charge on any atom is -0.278 e. The fourth-order valence-corrected chi connectivity index (χ4v) is 1.13. The quantitative estimate of drug-likeness (QED) is 0.742. The van der Waals surface area contributed by atoms with Gasteiger partial charge in [0.25, 0.3) is 0 Å². The topological polar surface area (TPSA) is 28.7 Å². The van der Waals surface area contributed by atoms with Crippen LogP contribution in [-0.4, -0.2) is 10.2 Å². The van der Waals surface area contributed by atoms with E-state index >= 15 is 0 Å². The Hall–Kier alpha value is -1.31. The van der Waals surface area contributed by atoms with E-state index in [1.807, 2.05) is 26.8 Å². The van der Waals surface area contributed by atoms with Gasteiger partial charge in [-0.2, -0.15) is 5.10 Å². The number of hydrogen-bond donors (Lipinski definition) is 1. The number of H-pyrrole nitrogens is 1. The van der Waals surface area contributed by atoms with E-state index in [1.165, 1.54) is 5.57 Å². The molecule has 84 valence electrons. The number of nitrogens with zero attached hydrogens (tertiary/aromatic N) is 1. The summed E-state index contributed by atoms with van der Waals surface area (Å²) in [4.78, 5) is 0. The predicted molar refractivity (Wildman–Crippen MR) is 67.6 cm³/mol. The highest BCUT2D eigenvalue weighted by Crippen LogP contribution is 2.14. The third-order valence-corrected chi connectivity index (χ3v) is 1.87. The molecule has 1 heterocycles. The Kier molecular flexibility index (Phi) is 7.33. The monoisotopic (exact) mass is 206 g/mol. The van der Waals surface area contributed by atoms with Gasteiger partial charge >= 0.3 is 0 Å². The van der Waals surface area contributed by atoms with E-state index in [9.17, 15) is 0 Å². The minimum absolute atomic E-state index is 0.541. The first kappa shape index (κ1) is 13.7. The summed E-state index contributed by atoms with van der Waals surface area (Å²) in [5.74, 6) is 0.541. The standard InChI is InChI=1S/C11H16N2.C2H6/c1-4-5-10(9(2)3)8-11-6-7-12-13-11;1-2/h4-9H,1-3H3,(H,12,13);1-2H3/b5-4-,10-8+;. The lowest BCUT2D eigenvalue weighted by Gasteiger charge is -2.04. The molecule has 0 aromatic carbocycles. The molecule has 0 spiro atoms. The Morgan fingerprint density at radius 3 is 2.47 bits per heavy atom. The van der Waals surface area contributed by atoms with Gasteiger partial charge < -0.3 is 0 Å². The maximum absolute atomic E-state index is 3.90. The number of hydrogen-bond acceptors (Lipinski definition) is 1. The van der Waals surface area contributed by atoms with Crippen molar-refractivity contribution in [2.45, 2.75) is 34.6 Å². The van der Waals surface area contributed by atoms with E-state index in [4.69, 9.17) is 0 Å². The van der Waals surface area contributed by atoms with Gasteiger partial charge in [-0.05, 0) is 30.6 Å². The van der Waals surface area contributed by atoms with Crippen LogP contribution in [0.4, 0.5) is 0 Å². The van der Waals surface area contributed by atoms with Crippen LogP contribution in [0.15, 0.2) is 30.0 Å². The zero-order valence-corrected chi connectivity index (χ0v) is 10.4. The minimum atomic E-state index is 0.541. The molecule has 1 aromatic rings. The van der Waals surface area contributed by atoms with E-state index in [0.29, 0.717) is 5.92 Å². The van der Waals surface area contributed by atoms with Crippen molar-refractivity contribution in [2.75, 3.05) is 0 Å². The molecule has 0 saturated carbocycles. The first-order chi connectivity index (χ1) is 7.24. The van der Waals surface area contributed by atoms with Gasteiger partial charge in [-0.15, -0.1) is 0 Å². The normalized spacial score (nSPS) is 11.7. The van der Waals surface area contributed by atoms with Crippen molar-refractivity contribution in [3.8, 4) is 0 Å². The molecule has 0 aliphatic rings. The summed E-state index contributed by atoms with van der Waals surface area (Å²) >= 11 is 0. The summed E-state index contributed by atoms with van der Waals surface area (Å²) in [5, 5.41) is 6.82. The Morgan fingerprint density at radius 2 is 2.07 bits per heavy atom. The maximum atomic E-state index is 3.90. The SMILES string of the molecule is C/C=C\C(=C/c1ccn[nH]1)C(C)C.CC. The molecule has 0 amide bonds. The number of aromatic amines is 1. The third kappa shape index (κ3) is 5.21. The summed E-state index contributed by atoms with van der Waals surface area (Å²) in [7, 11) is 0. The summed E-state index contributed by atoms with van der Waals surface area (Å²) in [6.45, 7) is 10.4. The molecule has 0 fully saturated rings. The first-order valence-corrected chi connectivity index (χ1v) is 5.57. The highest BCUT2D eigenvalue weighted by atomic mass is 15.1. The molecule has 0 radical (unpaired) electrons. The smallest absolute Gasteiger partial charge is 0.0580 e. The molecule has 0 saturated heterocycles. The van der Waals surface area contributed by atoms with Gasteiger partial charge in [0.1, 0.15) is 0 Å². The molecule has 2 nitrogen and oxygen atoms in total. The van der Waals surface area contributed by atoms with Crippen LogP contribution in [0.1, 0.15) is 40.3 Å². The second-order valence-electron chi connectivity index (χ2n) is 3.31. The summed E-state index contributed by atoms with van der Waals surface area (Å²) in [5.41, 5.74) is 2.37. The van der Waals surface area contributed by atoms with Gasteiger partial charge in [0.05, 0.1) is 5.69 Å². The van der Waals surface area contributed by atoms with E-state index in [0.717, 1.165) is 5.69 Å². The lowest BCUT2D eigenvalue weighted by Crippen LogP contribution is -1.90. The van der Waals surface area contributed by atoms with Gasteiger partial charge in [-0.1, -0.05) is 39.8 Å². The van der Waals surface area contributed by atoms with E-state index in [-0.39, 0.29) is 0 Å². The Morgan fingerprint density at radius 1 is 1.40 bits per heavy atom. The molecular formula is C13H22N2. The van der Waals surface area contributed by atoms with Crippen LogP contribution in [0, 0.1) is 5.92 Å². The van der Waals surface area contributed by atoms with E-state index in [2.05, 4.69) is 42.3 Å². The number of rotatable bonds is 3. The highest BCUT2D eigenvalue weighted by molar-refractivity contribution is 5.52. The first-order valence-electron chi connectivity index (χ1n) is 5.57. The lowest BCUT2D eigenvalue weighted by molar-refractivity contribution is 0.796. The molecule has 0 unspecified atom stereocenters. The van der Waals surface area contributed by atoms with Crippen LogP contribution >= 0.6 is 0 Å². The molecule has 15 heavy (non-hydrogen) atoms. The van der Waals surface area contributed by atoms with Gasteiger partial charge in [-0.25, -0.2) is 0 Å². The molecule has 1 N–H and O–H groups in total. The second-order valence-corrected chi connectivity index (χ2v) is 3.31. The summed E-state index contributed by atoms with van der Waals surface area (Å²) in [6.07, 6.45) is 8.07. The van der Waals surface area contributed by atoms with E-state index < -0.39 is 0 Å². The van der Waals surface area contributed by atoms with Crippen LogP contribution < -0.4 is 0 Å². The van der Waals surface area contributed by atoms with Crippen LogP contribution in [0.2, 0.25) is 0 Å². The summed E-state index contributed by atoms with van der Waals surface area (Å²) in [6, 6.07) is 1.96. The Bertz CT molecular complexity index is 292. The summed E-state index contributed by atoms with van der Waals surface area (Å²) < 4.78 is 0. The zero-order chi connectivity index (χ0) is 11.7. The number of aromatic nitrogens is 2. The predicted octanol–water partition coefficient (Wildman–Crippen LogP) is 4.05. The van der Waals surface area contributed by atoms with Crippen LogP contribution in [0.5, 0.6) is 0 Å². The third-order valence-electron chi connectivity index (χ3n) is 1.87. The number of nitrogens with one attached hydrogen (secondary N) is 1. The molecule has 0 atom stereocenters. The Balaban J connectivity index is 0.000000921. The van der Waals surface area contributed by atoms with Crippen molar-refractivity contribution in [3.05, 3.63) is 35.7 Å².